The van der Waals surface area contributed by atoms with Crippen molar-refractivity contribution >= 4 is 155 Å². The molecule has 9 heterocycles. The van der Waals surface area contributed by atoms with E-state index in [-0.39, 0.29) is 33.4 Å². The molecule has 0 N–H and O–H groups in total. The molecule has 0 unspecified atom stereocenters. The van der Waals surface area contributed by atoms with Crippen molar-refractivity contribution < 1.29 is 22.0 Å². The maximum absolute atomic E-state index is 12.9. The van der Waals surface area contributed by atoms with Gasteiger partial charge in [-0.25, -0.2) is 9.97 Å². The molecule has 16 heteroatoms. The van der Waals surface area contributed by atoms with Gasteiger partial charge in [0.05, 0.1) is 37.2 Å². The molecule has 259 valence electrons. The van der Waals surface area contributed by atoms with Crippen LogP contribution in [0.1, 0.15) is 22.8 Å². The van der Waals surface area contributed by atoms with Crippen molar-refractivity contribution in [1.82, 2.24) is 19.9 Å². The van der Waals surface area contributed by atoms with Crippen LogP contribution in [0.25, 0.3) is 87.8 Å². The van der Waals surface area contributed by atoms with Crippen LogP contribution in [0, 0.1) is 10.1 Å². The zero-order valence-corrected chi connectivity index (χ0v) is 36.2. The summed E-state index contributed by atoms with van der Waals surface area (Å²) in [5.41, 5.74) is 7.77. The summed E-state index contributed by atoms with van der Waals surface area (Å²) in [7, 11) is 0. The minimum absolute atomic E-state index is 0. The van der Waals surface area contributed by atoms with Crippen molar-refractivity contribution in [2.75, 3.05) is 0 Å². The number of thiophene rings is 4. The first kappa shape index (κ1) is 36.2. The number of hydrogen-bond acceptors (Lipinski definition) is 8. The third-order valence-electron chi connectivity index (χ3n) is 8.17. The van der Waals surface area contributed by atoms with Gasteiger partial charge >= 0.3 is 17.1 Å². The molecule has 8 bridgehead atoms. The van der Waals surface area contributed by atoms with Crippen molar-refractivity contribution in [2.24, 2.45) is 0 Å². The molecule has 9 rings (SSSR count). The molecule has 0 atom stereocenters. The zero-order valence-electron chi connectivity index (χ0n) is 25.7. The van der Waals surface area contributed by atoms with Crippen LogP contribution < -0.4 is 9.97 Å². The maximum atomic E-state index is 12.9. The summed E-state index contributed by atoms with van der Waals surface area (Å²) in [5, 5.41) is 12.9. The number of aromatic nitrogens is 4. The number of halogens is 4. The molecule has 0 aromatic carbocycles. The minimum atomic E-state index is -0.366. The Morgan fingerprint density at radius 1 is 0.519 bits per heavy atom. The van der Waals surface area contributed by atoms with Gasteiger partial charge in [0.1, 0.15) is 5.69 Å². The third-order valence-corrected chi connectivity index (χ3v) is 14.7. The second-order valence-electron chi connectivity index (χ2n) is 11.2. The Bertz CT molecular complexity index is 2820. The summed E-state index contributed by atoms with van der Waals surface area (Å²) in [6.07, 6.45) is 5.62. The first-order chi connectivity index (χ1) is 24.7. The molecule has 7 aromatic rings. The number of rotatable bonds is 5. The molecular weight excluding hydrogens is 1050 g/mol. The fourth-order valence-corrected chi connectivity index (χ4v) is 11.9. The Morgan fingerprint density at radius 2 is 0.885 bits per heavy atom. The molecule has 0 saturated carbocycles. The zero-order chi connectivity index (χ0) is 35.0. The van der Waals surface area contributed by atoms with E-state index in [1.165, 1.54) is 22.7 Å². The van der Waals surface area contributed by atoms with Gasteiger partial charge in [-0.05, 0) is 124 Å². The Kier molecular flexibility index (Phi) is 10.1. The predicted molar refractivity (Wildman–Crippen MR) is 227 cm³/mol. The SMILES string of the molecule is O=[N+]([O-])C1=Cc2nc1c(-c1ccc(Br)s1)c1ccc([n-]1)c(-c1ccc(Br)s1)c1nc(c(-c3ccc(Br)s3)c3ccc([n-]3)c2-c2ccc(Br)s2)C=C1.[Cu+2]. The molecule has 0 amide bonds. The fraction of sp³-hybridized carbons (Fsp3) is 0. The van der Waals surface area contributed by atoms with Gasteiger partial charge in [0.2, 0.25) is 0 Å². The van der Waals surface area contributed by atoms with E-state index in [4.69, 9.17) is 19.9 Å². The van der Waals surface area contributed by atoms with E-state index >= 15 is 0 Å². The molecule has 7 aromatic heterocycles. The van der Waals surface area contributed by atoms with Gasteiger partial charge in [-0.3, -0.25) is 10.1 Å². The molecule has 52 heavy (non-hydrogen) atoms. The van der Waals surface area contributed by atoms with Crippen molar-refractivity contribution in [3.63, 3.8) is 0 Å². The molecule has 0 aliphatic carbocycles. The smallest absolute Gasteiger partial charge is 0.657 e. The molecular formula is C36H15Br4CuN5O2S4. The van der Waals surface area contributed by atoms with Gasteiger partial charge < -0.3 is 9.97 Å². The van der Waals surface area contributed by atoms with Crippen LogP contribution >= 0.6 is 109 Å². The van der Waals surface area contributed by atoms with Crippen molar-refractivity contribution in [3.05, 3.63) is 121 Å². The topological polar surface area (TPSA) is 97.1 Å². The number of hydrogen-bond donors (Lipinski definition) is 0. The summed E-state index contributed by atoms with van der Waals surface area (Å²) < 4.78 is 3.77. The summed E-state index contributed by atoms with van der Waals surface area (Å²) in [5.74, 6) is 0. The molecule has 2 aliphatic heterocycles. The molecule has 1 radical (unpaired) electrons. The Hall–Kier alpha value is -2.76. The van der Waals surface area contributed by atoms with E-state index in [9.17, 15) is 10.1 Å². The van der Waals surface area contributed by atoms with Gasteiger partial charge in [0, 0.05) is 47.8 Å². The predicted octanol–water partition coefficient (Wildman–Crippen LogP) is 13.5. The second kappa shape index (κ2) is 14.5. The van der Waals surface area contributed by atoms with Gasteiger partial charge in [-0.1, -0.05) is 24.3 Å². The second-order valence-corrected chi connectivity index (χ2v) is 21.0. The first-order valence-electron chi connectivity index (χ1n) is 15.0. The van der Waals surface area contributed by atoms with E-state index in [1.54, 1.807) is 28.7 Å². The van der Waals surface area contributed by atoms with Gasteiger partial charge in [-0.2, -0.15) is 0 Å². The summed E-state index contributed by atoms with van der Waals surface area (Å²) >= 11 is 20.7. The third kappa shape index (κ3) is 6.54. The van der Waals surface area contributed by atoms with Gasteiger partial charge in [0.15, 0.2) is 0 Å². The van der Waals surface area contributed by atoms with Crippen LogP contribution in [0.4, 0.5) is 0 Å². The van der Waals surface area contributed by atoms with Crippen LogP contribution in [0.15, 0.2) is 87.9 Å². The minimum Gasteiger partial charge on any atom is -0.657 e. The van der Waals surface area contributed by atoms with Crippen molar-refractivity contribution in [2.45, 2.75) is 0 Å². The standard InChI is InChI=1S/C36H15Br4N5O2S4.Cu/c37-28-11-7-24(48-28)32-16-1-2-17(41-16)33(25-8-12-29(38)49-25)19-5-6-21(43-19)35(27-10-14-31(40)51-27)36-23(45(46)47)15-22(44-36)34(20-4-3-18(32)42-20)26-9-13-30(39)50-26;/h1-15H;/q-2;+2. The number of nitro groups is 1. The van der Waals surface area contributed by atoms with E-state index < -0.39 is 0 Å². The Morgan fingerprint density at radius 3 is 1.25 bits per heavy atom. The van der Waals surface area contributed by atoms with Crippen LogP contribution in [-0.4, -0.2) is 14.9 Å². The Labute approximate surface area is 355 Å². The van der Waals surface area contributed by atoms with Crippen LogP contribution in [0.5, 0.6) is 0 Å². The number of fused-ring (bicyclic) bond motifs is 8. The molecule has 0 saturated heterocycles. The summed E-state index contributed by atoms with van der Waals surface area (Å²) in [6, 6.07) is 23.7. The van der Waals surface area contributed by atoms with E-state index in [0.29, 0.717) is 33.4 Å². The van der Waals surface area contributed by atoms with E-state index in [1.807, 2.05) is 78.9 Å². The molecule has 7 nitrogen and oxygen atoms in total. The van der Waals surface area contributed by atoms with Crippen LogP contribution in [0.2, 0.25) is 0 Å². The van der Waals surface area contributed by atoms with Crippen LogP contribution in [-0.2, 0) is 17.1 Å². The molecule has 0 fully saturated rings. The average molecular weight is 1060 g/mol. The summed E-state index contributed by atoms with van der Waals surface area (Å²) in [4.78, 5) is 36.9. The van der Waals surface area contributed by atoms with E-state index in [0.717, 1.165) is 62.7 Å². The molecule has 2 aliphatic rings. The number of nitrogens with zero attached hydrogens (tertiary/aromatic N) is 5. The van der Waals surface area contributed by atoms with Gasteiger partial charge in [0.25, 0.3) is 5.70 Å². The quantitative estimate of drug-likeness (QED) is 0.0968. The average Bonchev–Trinajstić information content (AvgIpc) is 3.92. The molecule has 0 spiro atoms. The summed E-state index contributed by atoms with van der Waals surface area (Å²) in [6.45, 7) is 0. The van der Waals surface area contributed by atoms with Crippen molar-refractivity contribution in [3.8, 4) is 41.8 Å². The van der Waals surface area contributed by atoms with Gasteiger partial charge in [-0.15, -0.1) is 67.4 Å². The maximum Gasteiger partial charge on any atom is 2.00 e. The van der Waals surface area contributed by atoms with Crippen LogP contribution in [0.3, 0.4) is 0 Å². The largest absolute Gasteiger partial charge is 2.00 e. The normalized spacial score (nSPS) is 12.3. The van der Waals surface area contributed by atoms with E-state index in [2.05, 4.69) is 69.8 Å². The fourth-order valence-electron chi connectivity index (χ4n) is 6.09. The van der Waals surface area contributed by atoms with Crippen molar-refractivity contribution in [1.29, 1.82) is 0 Å². The Balaban J connectivity index is 0.00000387. The first-order valence-corrected chi connectivity index (χ1v) is 21.4. The monoisotopic (exact) mass is 1060 g/mol.